The van der Waals surface area contributed by atoms with Crippen molar-refractivity contribution >= 4 is 17.4 Å². The molecule has 180 valence electrons. The molecule has 1 saturated heterocycles. The van der Waals surface area contributed by atoms with Crippen LogP contribution in [0.4, 0.5) is 0 Å². The molecule has 34 heavy (non-hydrogen) atoms. The van der Waals surface area contributed by atoms with Gasteiger partial charge in [0.25, 0.3) is 11.7 Å². The molecule has 0 spiro atoms. The number of carbonyl (C=O) groups excluding carboxylic acids is 2. The van der Waals surface area contributed by atoms with Crippen molar-refractivity contribution < 1.29 is 19.4 Å². The van der Waals surface area contributed by atoms with Crippen molar-refractivity contribution in [3.8, 4) is 5.75 Å². The van der Waals surface area contributed by atoms with E-state index in [0.717, 1.165) is 28.9 Å². The number of ketones is 1. The molecule has 2 heterocycles. The summed E-state index contributed by atoms with van der Waals surface area (Å²) in [5.74, 6) is -0.569. The average Bonchev–Trinajstić information content (AvgIpc) is 3.27. The molecule has 0 bridgehead atoms. The van der Waals surface area contributed by atoms with Gasteiger partial charge in [0.1, 0.15) is 17.6 Å². The van der Waals surface area contributed by atoms with E-state index in [4.69, 9.17) is 4.74 Å². The van der Waals surface area contributed by atoms with Crippen LogP contribution in [0.15, 0.2) is 48.0 Å². The number of aliphatic hydroxyl groups is 1. The molecule has 1 amide bonds. The van der Waals surface area contributed by atoms with Crippen LogP contribution in [0.3, 0.4) is 0 Å². The van der Waals surface area contributed by atoms with Crippen LogP contribution in [0.5, 0.6) is 5.75 Å². The number of likely N-dealkylation sites (tertiary alicyclic amines) is 1. The monoisotopic (exact) mass is 462 g/mol. The van der Waals surface area contributed by atoms with Gasteiger partial charge in [-0.15, -0.1) is 0 Å². The predicted molar refractivity (Wildman–Crippen MR) is 133 cm³/mol. The number of benzene rings is 2. The smallest absolute Gasteiger partial charge is 0.295 e. The normalized spacial score (nSPS) is 21.8. The fourth-order valence-electron chi connectivity index (χ4n) is 4.66. The quantitative estimate of drug-likeness (QED) is 0.408. The molecular weight excluding hydrogens is 428 g/mol. The largest absolute Gasteiger partial charge is 0.507 e. The molecule has 0 saturated carbocycles. The highest BCUT2D eigenvalue weighted by Gasteiger charge is 2.46. The van der Waals surface area contributed by atoms with Gasteiger partial charge in [-0.05, 0) is 61.3 Å². The third-order valence-electron chi connectivity index (χ3n) is 6.59. The summed E-state index contributed by atoms with van der Waals surface area (Å²) in [7, 11) is 3.86. The Kier molecular flexibility index (Phi) is 6.30. The first-order valence-corrected chi connectivity index (χ1v) is 11.8. The molecule has 0 aromatic heterocycles. The summed E-state index contributed by atoms with van der Waals surface area (Å²) < 4.78 is 5.77. The second kappa shape index (κ2) is 8.91. The summed E-state index contributed by atoms with van der Waals surface area (Å²) in [6.45, 7) is 9.42. The third-order valence-corrected chi connectivity index (χ3v) is 6.59. The van der Waals surface area contributed by atoms with E-state index < -0.39 is 17.7 Å². The minimum absolute atomic E-state index is 0.0190. The molecular formula is C28H34N2O4. The first-order chi connectivity index (χ1) is 16.0. The fraction of sp³-hybridized carbons (Fsp3) is 0.429. The van der Waals surface area contributed by atoms with Crippen LogP contribution in [0, 0.1) is 0 Å². The molecule has 2 aliphatic heterocycles. The van der Waals surface area contributed by atoms with Gasteiger partial charge in [-0.25, -0.2) is 0 Å². The number of rotatable bonds is 5. The van der Waals surface area contributed by atoms with Gasteiger partial charge in [-0.2, -0.15) is 0 Å². The summed E-state index contributed by atoms with van der Waals surface area (Å²) in [6.07, 6.45) is 0.816. The Morgan fingerprint density at radius 2 is 1.79 bits per heavy atom. The Morgan fingerprint density at radius 3 is 2.41 bits per heavy atom. The molecule has 2 aromatic carbocycles. The maximum atomic E-state index is 13.2. The van der Waals surface area contributed by atoms with Crippen LogP contribution in [-0.2, 0) is 21.4 Å². The fourth-order valence-corrected chi connectivity index (χ4v) is 4.66. The zero-order chi connectivity index (χ0) is 24.8. The Morgan fingerprint density at radius 1 is 1.12 bits per heavy atom. The number of hydrogen-bond acceptors (Lipinski definition) is 5. The van der Waals surface area contributed by atoms with Gasteiger partial charge < -0.3 is 19.6 Å². The number of ether oxygens (including phenoxy) is 1. The molecule has 1 N–H and O–H groups in total. The van der Waals surface area contributed by atoms with Crippen molar-refractivity contribution in [3.63, 3.8) is 0 Å². The number of aliphatic hydroxyl groups excluding tert-OH is 1. The number of likely N-dealkylation sites (N-methyl/N-ethyl adjacent to an activating group) is 1. The zero-order valence-electron chi connectivity index (χ0n) is 20.9. The zero-order valence-corrected chi connectivity index (χ0v) is 20.9. The number of amides is 1. The van der Waals surface area contributed by atoms with Gasteiger partial charge in [-0.3, -0.25) is 9.59 Å². The predicted octanol–water partition coefficient (Wildman–Crippen LogP) is 4.29. The number of nitrogens with zero attached hydrogens (tertiary/aromatic N) is 2. The summed E-state index contributed by atoms with van der Waals surface area (Å²) in [6, 6.07) is 12.8. The van der Waals surface area contributed by atoms with Gasteiger partial charge in [0.05, 0.1) is 11.6 Å². The maximum absolute atomic E-state index is 13.2. The Hall–Kier alpha value is -3.12. The van der Waals surface area contributed by atoms with Crippen molar-refractivity contribution in [1.29, 1.82) is 0 Å². The molecule has 2 aromatic rings. The van der Waals surface area contributed by atoms with Crippen LogP contribution < -0.4 is 4.74 Å². The van der Waals surface area contributed by atoms with E-state index in [0.29, 0.717) is 18.7 Å². The highest BCUT2D eigenvalue weighted by atomic mass is 16.5. The summed E-state index contributed by atoms with van der Waals surface area (Å²) >= 11 is 0. The summed E-state index contributed by atoms with van der Waals surface area (Å²) in [5.41, 5.74) is 3.61. The van der Waals surface area contributed by atoms with Crippen LogP contribution in [0.2, 0.25) is 0 Å². The van der Waals surface area contributed by atoms with Crippen molar-refractivity contribution in [1.82, 2.24) is 9.80 Å². The number of fused-ring (bicyclic) bond motifs is 1. The van der Waals surface area contributed by atoms with Crippen molar-refractivity contribution in [2.75, 3.05) is 27.2 Å². The van der Waals surface area contributed by atoms with Gasteiger partial charge >= 0.3 is 0 Å². The molecule has 6 nitrogen and oxygen atoms in total. The molecule has 2 atom stereocenters. The van der Waals surface area contributed by atoms with Crippen molar-refractivity contribution in [3.05, 3.63) is 70.3 Å². The van der Waals surface area contributed by atoms with E-state index in [1.54, 1.807) is 11.0 Å². The Bertz CT molecular complexity index is 1140. The van der Waals surface area contributed by atoms with E-state index >= 15 is 0 Å². The average molecular weight is 463 g/mol. The lowest BCUT2D eigenvalue weighted by Gasteiger charge is -2.27. The molecule has 2 aliphatic rings. The summed E-state index contributed by atoms with van der Waals surface area (Å²) in [5, 5.41) is 11.3. The number of carbonyl (C=O) groups is 2. The van der Waals surface area contributed by atoms with E-state index in [-0.39, 0.29) is 22.9 Å². The number of hydrogen-bond donors (Lipinski definition) is 1. The van der Waals surface area contributed by atoms with Crippen LogP contribution >= 0.6 is 0 Å². The lowest BCUT2D eigenvalue weighted by atomic mass is 9.85. The minimum atomic E-state index is -0.647. The lowest BCUT2D eigenvalue weighted by Crippen LogP contribution is -2.35. The number of Topliss-reactive ketones (excluding diaryl/α,β-unsaturated/α-hetero) is 1. The summed E-state index contributed by atoms with van der Waals surface area (Å²) in [4.78, 5) is 29.9. The standard InChI is InChI=1S/C28H34N2O4/c1-17-15-20-16-19(9-12-22(20)34-17)25(31)23-24(18-7-10-21(11-8-18)28(2,3)4)30(14-13-29(5)6)27(33)26(23)32/h7-12,16-17,24,31H,13-15H2,1-6H3/b25-23+. The van der Waals surface area contributed by atoms with Crippen LogP contribution in [0.25, 0.3) is 5.76 Å². The van der Waals surface area contributed by atoms with Crippen LogP contribution in [0.1, 0.15) is 56.0 Å². The van der Waals surface area contributed by atoms with E-state index in [1.165, 1.54) is 0 Å². The van der Waals surface area contributed by atoms with Crippen molar-refractivity contribution in [2.24, 2.45) is 0 Å². The Labute approximate surface area is 201 Å². The van der Waals surface area contributed by atoms with E-state index in [1.807, 2.05) is 62.3 Å². The second-order valence-electron chi connectivity index (χ2n) is 10.6. The third kappa shape index (κ3) is 4.47. The molecule has 0 radical (unpaired) electrons. The first-order valence-electron chi connectivity index (χ1n) is 11.8. The van der Waals surface area contributed by atoms with Gasteiger partial charge in [0.15, 0.2) is 0 Å². The SMILES string of the molecule is CC1Cc2cc(/C(O)=C3\C(=O)C(=O)N(CCN(C)C)C3c3ccc(C(C)(C)C)cc3)ccc2O1. The van der Waals surface area contributed by atoms with Crippen LogP contribution in [-0.4, -0.2) is 59.9 Å². The molecule has 4 rings (SSSR count). The second-order valence-corrected chi connectivity index (χ2v) is 10.6. The molecule has 0 aliphatic carbocycles. The van der Waals surface area contributed by atoms with Crippen molar-refractivity contribution in [2.45, 2.75) is 51.7 Å². The highest BCUT2D eigenvalue weighted by molar-refractivity contribution is 6.46. The molecule has 1 fully saturated rings. The van der Waals surface area contributed by atoms with E-state index in [9.17, 15) is 14.7 Å². The van der Waals surface area contributed by atoms with Gasteiger partial charge in [0, 0.05) is 25.1 Å². The van der Waals surface area contributed by atoms with E-state index in [2.05, 4.69) is 20.8 Å². The highest BCUT2D eigenvalue weighted by Crippen LogP contribution is 2.41. The lowest BCUT2D eigenvalue weighted by molar-refractivity contribution is -0.140. The van der Waals surface area contributed by atoms with Gasteiger partial charge in [0.2, 0.25) is 0 Å². The van der Waals surface area contributed by atoms with Gasteiger partial charge in [-0.1, -0.05) is 45.0 Å². The molecule has 6 heteroatoms. The Balaban J connectivity index is 1.81. The minimum Gasteiger partial charge on any atom is -0.507 e. The maximum Gasteiger partial charge on any atom is 0.295 e. The topological polar surface area (TPSA) is 70.1 Å². The molecule has 2 unspecified atom stereocenters. The first kappa shape index (κ1) is 24.0.